The monoisotopic (exact) mass is 186 g/mol. The molecule has 1 rings (SSSR count). The first-order valence-corrected chi connectivity index (χ1v) is 5.45. The summed E-state index contributed by atoms with van der Waals surface area (Å²) in [7, 11) is 0. The van der Waals surface area contributed by atoms with Crippen molar-refractivity contribution in [2.24, 2.45) is 0 Å². The maximum atomic E-state index is 8.86. The Labute approximate surface area is 81.1 Å². The molecule has 1 aliphatic rings. The van der Waals surface area contributed by atoms with Crippen molar-refractivity contribution in [3.05, 3.63) is 0 Å². The van der Waals surface area contributed by atoms with Gasteiger partial charge in [0.05, 0.1) is 0 Å². The van der Waals surface area contributed by atoms with Crippen LogP contribution in [0.25, 0.3) is 0 Å². The van der Waals surface area contributed by atoms with Crippen molar-refractivity contribution in [3.63, 3.8) is 0 Å². The summed E-state index contributed by atoms with van der Waals surface area (Å²) in [6, 6.07) is 0.991. The van der Waals surface area contributed by atoms with E-state index in [1.54, 1.807) is 0 Å². The summed E-state index contributed by atoms with van der Waals surface area (Å²) in [4.78, 5) is 2.50. The number of likely N-dealkylation sites (tertiary alicyclic amines) is 1. The summed E-state index contributed by atoms with van der Waals surface area (Å²) in [5.41, 5.74) is 2.40. The summed E-state index contributed by atoms with van der Waals surface area (Å²) in [6.45, 7) is 6.68. The second kappa shape index (κ2) is 5.58. The van der Waals surface area contributed by atoms with Gasteiger partial charge in [-0.25, -0.2) is 5.48 Å². The molecule has 0 amide bonds. The molecule has 1 heterocycles. The lowest BCUT2D eigenvalue weighted by molar-refractivity contribution is 0.0558. The topological polar surface area (TPSA) is 35.5 Å². The van der Waals surface area contributed by atoms with Gasteiger partial charge in [-0.1, -0.05) is 13.8 Å². The van der Waals surface area contributed by atoms with Crippen LogP contribution in [0.4, 0.5) is 0 Å². The molecule has 0 saturated carbocycles. The van der Waals surface area contributed by atoms with Gasteiger partial charge in [-0.05, 0) is 32.2 Å². The third kappa shape index (κ3) is 2.93. The number of hydrogen-bond acceptors (Lipinski definition) is 3. The summed E-state index contributed by atoms with van der Waals surface area (Å²) in [6.07, 6.45) is 4.74. The highest BCUT2D eigenvalue weighted by Gasteiger charge is 2.23. The predicted molar refractivity (Wildman–Crippen MR) is 53.9 cm³/mol. The van der Waals surface area contributed by atoms with Crippen molar-refractivity contribution in [1.82, 2.24) is 10.4 Å². The van der Waals surface area contributed by atoms with Gasteiger partial charge in [0.15, 0.2) is 0 Å². The number of hydrogen-bond donors (Lipinski definition) is 2. The summed E-state index contributed by atoms with van der Waals surface area (Å²) in [5.74, 6) is 0. The molecule has 2 N–H and O–H groups in total. The van der Waals surface area contributed by atoms with Crippen LogP contribution in [0.3, 0.4) is 0 Å². The van der Waals surface area contributed by atoms with Crippen LogP contribution in [0.2, 0.25) is 0 Å². The second-order valence-electron chi connectivity index (χ2n) is 3.93. The molecule has 1 aliphatic heterocycles. The van der Waals surface area contributed by atoms with Gasteiger partial charge in [-0.2, -0.15) is 0 Å². The molecule has 0 aromatic rings. The van der Waals surface area contributed by atoms with Crippen molar-refractivity contribution in [1.29, 1.82) is 0 Å². The number of nitrogens with one attached hydrogen (secondary N) is 1. The van der Waals surface area contributed by atoms with E-state index in [0.717, 1.165) is 13.0 Å². The molecule has 0 bridgehead atoms. The maximum absolute atomic E-state index is 8.86. The average Bonchev–Trinajstić information content (AvgIpc) is 2.20. The van der Waals surface area contributed by atoms with E-state index in [9.17, 15) is 0 Å². The van der Waals surface area contributed by atoms with Crippen LogP contribution in [0.5, 0.6) is 0 Å². The Morgan fingerprint density at radius 3 is 2.69 bits per heavy atom. The SMILES string of the molecule is CCC(CC)N1CCCC(NO)C1. The molecule has 0 spiro atoms. The highest BCUT2D eigenvalue weighted by Crippen LogP contribution is 2.16. The van der Waals surface area contributed by atoms with Crippen molar-refractivity contribution in [2.45, 2.75) is 51.6 Å². The first kappa shape index (κ1) is 11.0. The third-order valence-corrected chi connectivity index (χ3v) is 3.09. The molecule has 3 nitrogen and oxygen atoms in total. The van der Waals surface area contributed by atoms with E-state index < -0.39 is 0 Å². The Balaban J connectivity index is 2.40. The van der Waals surface area contributed by atoms with Crippen molar-refractivity contribution < 1.29 is 5.21 Å². The molecule has 1 unspecified atom stereocenters. The fourth-order valence-corrected chi connectivity index (χ4v) is 2.25. The Morgan fingerprint density at radius 2 is 2.15 bits per heavy atom. The number of rotatable bonds is 4. The van der Waals surface area contributed by atoms with Gasteiger partial charge in [0.2, 0.25) is 0 Å². The van der Waals surface area contributed by atoms with Gasteiger partial charge < -0.3 is 5.21 Å². The molecule has 0 aliphatic carbocycles. The van der Waals surface area contributed by atoms with E-state index in [4.69, 9.17) is 5.21 Å². The van der Waals surface area contributed by atoms with E-state index in [1.807, 2.05) is 0 Å². The maximum Gasteiger partial charge on any atom is 0.0447 e. The number of piperidine rings is 1. The highest BCUT2D eigenvalue weighted by atomic mass is 16.5. The lowest BCUT2D eigenvalue weighted by atomic mass is 10.0. The number of hydroxylamine groups is 1. The molecule has 0 radical (unpaired) electrons. The van der Waals surface area contributed by atoms with Crippen LogP contribution < -0.4 is 5.48 Å². The molecule has 1 fully saturated rings. The van der Waals surface area contributed by atoms with Crippen molar-refractivity contribution in [3.8, 4) is 0 Å². The minimum Gasteiger partial charge on any atom is -0.316 e. The molecule has 0 aromatic carbocycles. The van der Waals surface area contributed by atoms with Crippen LogP contribution in [0.15, 0.2) is 0 Å². The summed E-state index contributed by atoms with van der Waals surface area (Å²) in [5, 5.41) is 8.86. The van der Waals surface area contributed by atoms with Gasteiger partial charge in [0, 0.05) is 18.6 Å². The fraction of sp³-hybridized carbons (Fsp3) is 1.00. The molecule has 0 aromatic heterocycles. The zero-order valence-corrected chi connectivity index (χ0v) is 8.79. The van der Waals surface area contributed by atoms with Crippen LogP contribution in [0, 0.1) is 0 Å². The summed E-state index contributed by atoms with van der Waals surface area (Å²) >= 11 is 0. The lowest BCUT2D eigenvalue weighted by Gasteiger charge is -2.37. The largest absolute Gasteiger partial charge is 0.316 e. The van der Waals surface area contributed by atoms with Crippen LogP contribution in [0.1, 0.15) is 39.5 Å². The standard InChI is InChI=1S/C10H22N2O/c1-3-10(4-2)12-7-5-6-9(8-12)11-13/h9-11,13H,3-8H2,1-2H3. The molecule has 1 saturated heterocycles. The van der Waals surface area contributed by atoms with E-state index in [-0.39, 0.29) is 6.04 Å². The molecule has 13 heavy (non-hydrogen) atoms. The normalized spacial score (nSPS) is 25.4. The van der Waals surface area contributed by atoms with Crippen LogP contribution in [-0.2, 0) is 0 Å². The van der Waals surface area contributed by atoms with E-state index in [1.165, 1.54) is 25.8 Å². The summed E-state index contributed by atoms with van der Waals surface area (Å²) < 4.78 is 0. The van der Waals surface area contributed by atoms with Gasteiger partial charge in [0.25, 0.3) is 0 Å². The first-order chi connectivity index (χ1) is 6.31. The fourth-order valence-electron chi connectivity index (χ4n) is 2.25. The van der Waals surface area contributed by atoms with E-state index >= 15 is 0 Å². The highest BCUT2D eigenvalue weighted by molar-refractivity contribution is 4.79. The predicted octanol–water partition coefficient (Wildman–Crippen LogP) is 1.62. The minimum absolute atomic E-state index is 0.286. The third-order valence-electron chi connectivity index (χ3n) is 3.09. The average molecular weight is 186 g/mol. The zero-order chi connectivity index (χ0) is 9.68. The van der Waals surface area contributed by atoms with E-state index in [0.29, 0.717) is 6.04 Å². The van der Waals surface area contributed by atoms with Gasteiger partial charge in [-0.3, -0.25) is 4.90 Å². The van der Waals surface area contributed by atoms with Crippen LogP contribution >= 0.6 is 0 Å². The quantitative estimate of drug-likeness (QED) is 0.655. The lowest BCUT2D eigenvalue weighted by Crippen LogP contribution is -2.48. The molecule has 78 valence electrons. The second-order valence-corrected chi connectivity index (χ2v) is 3.93. The Bertz CT molecular complexity index is 137. The number of nitrogens with zero attached hydrogens (tertiary/aromatic N) is 1. The first-order valence-electron chi connectivity index (χ1n) is 5.45. The van der Waals surface area contributed by atoms with Gasteiger partial charge >= 0.3 is 0 Å². The molecule has 1 atom stereocenters. The van der Waals surface area contributed by atoms with Crippen molar-refractivity contribution >= 4 is 0 Å². The van der Waals surface area contributed by atoms with Crippen LogP contribution in [-0.4, -0.2) is 35.3 Å². The smallest absolute Gasteiger partial charge is 0.0447 e. The Kier molecular flexibility index (Phi) is 4.70. The molecular formula is C10H22N2O. The Hall–Kier alpha value is -0.120. The molecule has 3 heteroatoms. The van der Waals surface area contributed by atoms with Gasteiger partial charge in [-0.15, -0.1) is 0 Å². The van der Waals surface area contributed by atoms with Crippen molar-refractivity contribution in [2.75, 3.05) is 13.1 Å². The van der Waals surface area contributed by atoms with E-state index in [2.05, 4.69) is 24.2 Å². The Morgan fingerprint density at radius 1 is 1.46 bits per heavy atom. The minimum atomic E-state index is 0.286. The molecular weight excluding hydrogens is 164 g/mol. The van der Waals surface area contributed by atoms with Gasteiger partial charge in [0.1, 0.15) is 0 Å². The zero-order valence-electron chi connectivity index (χ0n) is 8.79.